The van der Waals surface area contributed by atoms with Crippen LogP contribution in [-0.2, 0) is 6.18 Å². The summed E-state index contributed by atoms with van der Waals surface area (Å²) in [6.07, 6.45) is -3.78. The first kappa shape index (κ1) is 23.6. The van der Waals surface area contributed by atoms with Crippen LogP contribution in [0.3, 0.4) is 0 Å². The van der Waals surface area contributed by atoms with Gasteiger partial charge in [0.25, 0.3) is 5.91 Å². The smallest absolute Gasteiger partial charge is 0.338 e. The Morgan fingerprint density at radius 2 is 1.81 bits per heavy atom. The SMILES string of the molecule is CC(C)N1CCC(CNC(=O)Nc2ccc(NC(=O)c3ccccc3)cc2C(F)(F)F)C1. The fraction of sp³-hybridized carbons (Fsp3) is 0.391. The number of hydrogen-bond acceptors (Lipinski definition) is 3. The van der Waals surface area contributed by atoms with E-state index in [2.05, 4.69) is 34.7 Å². The molecule has 3 N–H and O–H groups in total. The van der Waals surface area contributed by atoms with Crippen LogP contribution >= 0.6 is 0 Å². The molecule has 0 spiro atoms. The number of rotatable bonds is 6. The zero-order valence-corrected chi connectivity index (χ0v) is 18.0. The predicted molar refractivity (Wildman–Crippen MR) is 118 cm³/mol. The maximum absolute atomic E-state index is 13.6. The van der Waals surface area contributed by atoms with Crippen molar-refractivity contribution in [3.63, 3.8) is 0 Å². The van der Waals surface area contributed by atoms with E-state index in [1.807, 2.05) is 0 Å². The second-order valence-corrected chi connectivity index (χ2v) is 8.16. The van der Waals surface area contributed by atoms with E-state index in [0.717, 1.165) is 31.6 Å². The average Bonchev–Trinajstić information content (AvgIpc) is 3.23. The Morgan fingerprint density at radius 1 is 1.09 bits per heavy atom. The van der Waals surface area contributed by atoms with Crippen LogP contribution in [-0.4, -0.2) is 42.5 Å². The number of nitrogens with one attached hydrogen (secondary N) is 3. The molecule has 3 amide bonds. The van der Waals surface area contributed by atoms with Crippen LogP contribution in [0.15, 0.2) is 48.5 Å². The second kappa shape index (κ2) is 10.0. The molecule has 1 atom stereocenters. The molecule has 1 unspecified atom stereocenters. The molecule has 2 aromatic carbocycles. The molecule has 1 aliphatic rings. The third-order valence-electron chi connectivity index (χ3n) is 5.47. The van der Waals surface area contributed by atoms with Crippen molar-refractivity contribution in [3.05, 3.63) is 59.7 Å². The molecule has 0 aromatic heterocycles. The van der Waals surface area contributed by atoms with Crippen molar-refractivity contribution in [2.24, 2.45) is 5.92 Å². The molecule has 0 saturated carbocycles. The number of anilines is 2. The highest BCUT2D eigenvalue weighted by Gasteiger charge is 2.34. The Kier molecular flexibility index (Phi) is 7.40. The van der Waals surface area contributed by atoms with Crippen molar-refractivity contribution in [3.8, 4) is 0 Å². The highest BCUT2D eigenvalue weighted by Crippen LogP contribution is 2.36. The predicted octanol–water partition coefficient (Wildman–Crippen LogP) is 4.81. The van der Waals surface area contributed by atoms with Gasteiger partial charge in [0.05, 0.1) is 11.3 Å². The number of benzene rings is 2. The summed E-state index contributed by atoms with van der Waals surface area (Å²) in [5, 5.41) is 7.41. The fourth-order valence-corrected chi connectivity index (χ4v) is 3.66. The lowest BCUT2D eigenvalue weighted by Gasteiger charge is -2.20. The van der Waals surface area contributed by atoms with Crippen molar-refractivity contribution in [1.82, 2.24) is 10.2 Å². The molecule has 1 heterocycles. The number of alkyl halides is 3. The normalized spacial score (nSPS) is 16.8. The van der Waals surface area contributed by atoms with Crippen LogP contribution in [0, 0.1) is 5.92 Å². The summed E-state index contributed by atoms with van der Waals surface area (Å²) < 4.78 is 40.8. The van der Waals surface area contributed by atoms with Crippen LogP contribution < -0.4 is 16.0 Å². The van der Waals surface area contributed by atoms with E-state index in [-0.39, 0.29) is 17.3 Å². The lowest BCUT2D eigenvalue weighted by molar-refractivity contribution is -0.136. The molecule has 32 heavy (non-hydrogen) atoms. The molecule has 0 bridgehead atoms. The molecule has 2 aromatic rings. The third kappa shape index (κ3) is 6.23. The van der Waals surface area contributed by atoms with Gasteiger partial charge >= 0.3 is 12.2 Å². The van der Waals surface area contributed by atoms with Crippen LogP contribution in [0.1, 0.15) is 36.2 Å². The zero-order chi connectivity index (χ0) is 23.3. The van der Waals surface area contributed by atoms with E-state index in [9.17, 15) is 22.8 Å². The standard InChI is InChI=1S/C23H27F3N4O2/c1-15(2)30-11-10-16(14-30)13-27-22(32)29-20-9-8-18(12-19(20)23(24,25)26)28-21(31)17-6-4-3-5-7-17/h3-9,12,15-16H,10-11,13-14H2,1-2H3,(H,28,31)(H2,27,29,32). The first-order valence-corrected chi connectivity index (χ1v) is 10.5. The number of urea groups is 1. The van der Waals surface area contributed by atoms with Gasteiger partial charge in [0.2, 0.25) is 0 Å². The van der Waals surface area contributed by atoms with Crippen molar-refractivity contribution in [2.75, 3.05) is 30.3 Å². The summed E-state index contributed by atoms with van der Waals surface area (Å²) >= 11 is 0. The molecule has 6 nitrogen and oxygen atoms in total. The molecule has 1 aliphatic heterocycles. The number of likely N-dealkylation sites (tertiary alicyclic amines) is 1. The van der Waals surface area contributed by atoms with Gasteiger partial charge in [-0.3, -0.25) is 4.79 Å². The minimum atomic E-state index is -4.71. The molecular formula is C23H27F3N4O2. The fourth-order valence-electron chi connectivity index (χ4n) is 3.66. The number of nitrogens with zero attached hydrogens (tertiary/aromatic N) is 1. The van der Waals surface area contributed by atoms with Crippen molar-refractivity contribution < 1.29 is 22.8 Å². The monoisotopic (exact) mass is 448 g/mol. The van der Waals surface area contributed by atoms with Gasteiger partial charge in [0, 0.05) is 30.4 Å². The minimum Gasteiger partial charge on any atom is -0.338 e. The summed E-state index contributed by atoms with van der Waals surface area (Å²) in [4.78, 5) is 26.8. The Hall–Kier alpha value is -3.07. The van der Waals surface area contributed by atoms with Crippen molar-refractivity contribution >= 4 is 23.3 Å². The van der Waals surface area contributed by atoms with Crippen LogP contribution in [0.2, 0.25) is 0 Å². The summed E-state index contributed by atoms with van der Waals surface area (Å²) in [6, 6.07) is 11.2. The molecular weight excluding hydrogens is 421 g/mol. The van der Waals surface area contributed by atoms with Gasteiger partial charge < -0.3 is 20.9 Å². The number of carbonyl (C=O) groups is 2. The van der Waals surface area contributed by atoms with Gasteiger partial charge in [0.1, 0.15) is 0 Å². The lowest BCUT2D eigenvalue weighted by Crippen LogP contribution is -2.35. The van der Waals surface area contributed by atoms with Gasteiger partial charge in [0.15, 0.2) is 0 Å². The topological polar surface area (TPSA) is 73.5 Å². The van der Waals surface area contributed by atoms with Crippen molar-refractivity contribution in [2.45, 2.75) is 32.5 Å². The molecule has 172 valence electrons. The quantitative estimate of drug-likeness (QED) is 0.594. The molecule has 3 rings (SSSR count). The van der Waals surface area contributed by atoms with Crippen LogP contribution in [0.4, 0.5) is 29.3 Å². The molecule has 1 fully saturated rings. The number of carbonyl (C=O) groups excluding carboxylic acids is 2. The minimum absolute atomic E-state index is 0.0168. The third-order valence-corrected chi connectivity index (χ3v) is 5.47. The largest absolute Gasteiger partial charge is 0.418 e. The number of halogens is 3. The Bertz CT molecular complexity index is 948. The summed E-state index contributed by atoms with van der Waals surface area (Å²) in [5.41, 5.74) is -1.10. The van der Waals surface area contributed by atoms with E-state index < -0.39 is 23.7 Å². The zero-order valence-electron chi connectivity index (χ0n) is 18.0. The Morgan fingerprint density at radius 3 is 2.44 bits per heavy atom. The maximum Gasteiger partial charge on any atom is 0.418 e. The Labute approximate surface area is 185 Å². The maximum atomic E-state index is 13.6. The van der Waals surface area contributed by atoms with Crippen LogP contribution in [0.25, 0.3) is 0 Å². The van der Waals surface area contributed by atoms with Gasteiger partial charge in [-0.1, -0.05) is 18.2 Å². The summed E-state index contributed by atoms with van der Waals surface area (Å²) in [5.74, 6) is -0.259. The van der Waals surface area contributed by atoms with Crippen molar-refractivity contribution in [1.29, 1.82) is 0 Å². The second-order valence-electron chi connectivity index (χ2n) is 8.16. The van der Waals surface area contributed by atoms with Gasteiger partial charge in [-0.25, -0.2) is 4.79 Å². The van der Waals surface area contributed by atoms with Crippen LogP contribution in [0.5, 0.6) is 0 Å². The van der Waals surface area contributed by atoms with Gasteiger partial charge in [-0.15, -0.1) is 0 Å². The summed E-state index contributed by atoms with van der Waals surface area (Å²) in [6.45, 7) is 6.39. The Balaban J connectivity index is 1.64. The highest BCUT2D eigenvalue weighted by atomic mass is 19.4. The lowest BCUT2D eigenvalue weighted by atomic mass is 10.1. The summed E-state index contributed by atoms with van der Waals surface area (Å²) in [7, 11) is 0. The number of hydrogen-bond donors (Lipinski definition) is 3. The van der Waals surface area contributed by atoms with E-state index in [1.54, 1.807) is 30.3 Å². The molecule has 0 aliphatic carbocycles. The van der Waals surface area contributed by atoms with E-state index >= 15 is 0 Å². The number of amides is 3. The highest BCUT2D eigenvalue weighted by molar-refractivity contribution is 6.04. The molecule has 0 radical (unpaired) electrons. The first-order valence-electron chi connectivity index (χ1n) is 10.5. The van der Waals surface area contributed by atoms with E-state index in [0.29, 0.717) is 18.2 Å². The average molecular weight is 448 g/mol. The molecule has 1 saturated heterocycles. The van der Waals surface area contributed by atoms with E-state index in [4.69, 9.17) is 0 Å². The molecule has 9 heteroatoms. The van der Waals surface area contributed by atoms with Gasteiger partial charge in [-0.2, -0.15) is 13.2 Å². The van der Waals surface area contributed by atoms with E-state index in [1.165, 1.54) is 6.07 Å². The first-order chi connectivity index (χ1) is 15.1. The van der Waals surface area contributed by atoms with Gasteiger partial charge in [-0.05, 0) is 63.1 Å².